The number of esters is 1. The second-order valence-corrected chi connectivity index (χ2v) is 4.08. The summed E-state index contributed by atoms with van der Waals surface area (Å²) in [6, 6.07) is 3.48. The number of methoxy groups -OCH3 is 2. The Morgan fingerprint density at radius 3 is 2.67 bits per heavy atom. The van der Waals surface area contributed by atoms with E-state index < -0.39 is 0 Å². The molecule has 1 rings (SSSR count). The normalized spacial score (nSPS) is 9.87. The molecule has 1 aromatic rings. The van der Waals surface area contributed by atoms with E-state index in [2.05, 4.69) is 20.7 Å². The molecule has 0 aliphatic carbocycles. The van der Waals surface area contributed by atoms with Crippen LogP contribution in [0, 0.1) is 0 Å². The van der Waals surface area contributed by atoms with Crippen molar-refractivity contribution in [2.45, 2.75) is 6.42 Å². The highest BCUT2D eigenvalue weighted by atomic mass is 79.9. The summed E-state index contributed by atoms with van der Waals surface area (Å²) in [5, 5.41) is 0.492. The molecule has 1 aromatic carbocycles. The van der Waals surface area contributed by atoms with Crippen molar-refractivity contribution < 1.29 is 14.3 Å². The molecule has 0 aliphatic rings. The van der Waals surface area contributed by atoms with E-state index in [0.29, 0.717) is 15.2 Å². The van der Waals surface area contributed by atoms with Gasteiger partial charge in [0.25, 0.3) is 0 Å². The van der Waals surface area contributed by atoms with Gasteiger partial charge in [-0.25, -0.2) is 0 Å². The zero-order valence-electron chi connectivity index (χ0n) is 8.34. The van der Waals surface area contributed by atoms with Gasteiger partial charge in [0.1, 0.15) is 5.75 Å². The first-order valence-electron chi connectivity index (χ1n) is 4.17. The molecule has 0 aliphatic heterocycles. The lowest BCUT2D eigenvalue weighted by Gasteiger charge is -2.07. The van der Waals surface area contributed by atoms with Crippen molar-refractivity contribution in [1.82, 2.24) is 0 Å². The molecule has 0 bridgehead atoms. The fraction of sp³-hybridized carbons (Fsp3) is 0.300. The maximum Gasteiger partial charge on any atom is 0.309 e. The molecule has 0 aromatic heterocycles. The Bertz CT molecular complexity index is 379. The summed E-state index contributed by atoms with van der Waals surface area (Å²) in [5.41, 5.74) is 0.787. The Morgan fingerprint density at radius 1 is 1.47 bits per heavy atom. The average Bonchev–Trinajstić information content (AvgIpc) is 2.22. The average molecular weight is 294 g/mol. The molecule has 0 saturated carbocycles. The molecule has 0 fully saturated rings. The van der Waals surface area contributed by atoms with Crippen molar-refractivity contribution in [2.75, 3.05) is 14.2 Å². The Balaban J connectivity index is 3.00. The predicted octanol–water partition coefficient (Wildman–Crippen LogP) is 2.83. The summed E-state index contributed by atoms with van der Waals surface area (Å²) in [6.45, 7) is 0. The van der Waals surface area contributed by atoms with Crippen LogP contribution >= 0.6 is 27.5 Å². The second kappa shape index (κ2) is 5.37. The number of carbonyl (C=O) groups excluding carboxylic acids is 1. The summed E-state index contributed by atoms with van der Waals surface area (Å²) < 4.78 is 10.3. The van der Waals surface area contributed by atoms with Crippen molar-refractivity contribution in [3.8, 4) is 5.75 Å². The van der Waals surface area contributed by atoms with Crippen LogP contribution in [0.3, 0.4) is 0 Å². The lowest BCUT2D eigenvalue weighted by Crippen LogP contribution is -2.04. The zero-order chi connectivity index (χ0) is 11.4. The molecule has 0 N–H and O–H groups in total. The van der Waals surface area contributed by atoms with Gasteiger partial charge in [-0.05, 0) is 33.6 Å². The van der Waals surface area contributed by atoms with Crippen molar-refractivity contribution >= 4 is 33.5 Å². The zero-order valence-corrected chi connectivity index (χ0v) is 10.7. The highest BCUT2D eigenvalue weighted by molar-refractivity contribution is 9.10. The van der Waals surface area contributed by atoms with E-state index in [1.807, 2.05) is 0 Å². The Morgan fingerprint density at radius 2 is 2.13 bits per heavy atom. The second-order valence-electron chi connectivity index (χ2n) is 2.85. The molecule has 0 unspecified atom stereocenters. The molecule has 15 heavy (non-hydrogen) atoms. The van der Waals surface area contributed by atoms with Crippen LogP contribution in [0.5, 0.6) is 5.75 Å². The maximum absolute atomic E-state index is 11.1. The van der Waals surface area contributed by atoms with Crippen molar-refractivity contribution in [1.29, 1.82) is 0 Å². The van der Waals surface area contributed by atoms with Crippen LogP contribution in [0.15, 0.2) is 16.6 Å². The Hall–Kier alpha value is -0.740. The van der Waals surface area contributed by atoms with E-state index in [0.717, 1.165) is 5.56 Å². The maximum atomic E-state index is 11.1. The molecule has 0 saturated heterocycles. The molecule has 82 valence electrons. The van der Waals surface area contributed by atoms with E-state index in [1.54, 1.807) is 12.1 Å². The number of halogens is 2. The Labute approximate surface area is 101 Å². The summed E-state index contributed by atoms with van der Waals surface area (Å²) in [5.74, 6) is 0.233. The fourth-order valence-corrected chi connectivity index (χ4v) is 1.78. The first-order chi connectivity index (χ1) is 7.08. The third kappa shape index (κ3) is 3.11. The van der Waals surface area contributed by atoms with Gasteiger partial charge in [-0.15, -0.1) is 0 Å². The minimum Gasteiger partial charge on any atom is -0.495 e. The van der Waals surface area contributed by atoms with Crippen LogP contribution < -0.4 is 4.74 Å². The van der Waals surface area contributed by atoms with E-state index in [1.165, 1.54) is 14.2 Å². The molecule has 0 amide bonds. The van der Waals surface area contributed by atoms with Crippen molar-refractivity contribution in [2.24, 2.45) is 0 Å². The number of carbonyl (C=O) groups is 1. The molecule has 0 radical (unpaired) electrons. The van der Waals surface area contributed by atoms with E-state index in [-0.39, 0.29) is 12.4 Å². The van der Waals surface area contributed by atoms with E-state index in [9.17, 15) is 4.79 Å². The van der Waals surface area contributed by atoms with Crippen molar-refractivity contribution in [3.05, 3.63) is 27.2 Å². The molecular weight excluding hydrogens is 283 g/mol. The summed E-state index contributed by atoms with van der Waals surface area (Å²) in [6.07, 6.45) is 0.197. The van der Waals surface area contributed by atoms with Gasteiger partial charge in [0.15, 0.2) is 0 Å². The quantitative estimate of drug-likeness (QED) is 0.804. The molecule has 0 spiro atoms. The van der Waals surface area contributed by atoms with Gasteiger partial charge in [-0.1, -0.05) is 11.6 Å². The topological polar surface area (TPSA) is 35.5 Å². The predicted molar refractivity (Wildman–Crippen MR) is 61.4 cm³/mol. The lowest BCUT2D eigenvalue weighted by molar-refractivity contribution is -0.139. The smallest absolute Gasteiger partial charge is 0.309 e. The standard InChI is InChI=1S/C10H10BrClO3/c1-14-8-4-6(5-9(13)15-2)3-7(11)10(8)12/h3-4H,5H2,1-2H3. The highest BCUT2D eigenvalue weighted by Gasteiger charge is 2.10. The fourth-order valence-electron chi connectivity index (χ4n) is 1.11. The Kier molecular flexibility index (Phi) is 4.42. The van der Waals surface area contributed by atoms with Crippen LogP contribution in [0.1, 0.15) is 5.56 Å². The molecule has 5 heteroatoms. The minimum atomic E-state index is -0.300. The van der Waals surface area contributed by atoms with Crippen LogP contribution in [0.4, 0.5) is 0 Å². The lowest BCUT2D eigenvalue weighted by atomic mass is 10.1. The van der Waals surface area contributed by atoms with Crippen LogP contribution in [0.25, 0.3) is 0 Å². The van der Waals surface area contributed by atoms with Gasteiger partial charge < -0.3 is 9.47 Å². The van der Waals surface area contributed by atoms with Crippen LogP contribution in [0.2, 0.25) is 5.02 Å². The van der Waals surface area contributed by atoms with Gasteiger partial charge in [-0.2, -0.15) is 0 Å². The van der Waals surface area contributed by atoms with Crippen LogP contribution in [-0.4, -0.2) is 20.2 Å². The summed E-state index contributed by atoms with van der Waals surface area (Å²) in [7, 11) is 2.88. The van der Waals surface area contributed by atoms with Gasteiger partial charge in [0.05, 0.1) is 25.7 Å². The van der Waals surface area contributed by atoms with Gasteiger partial charge in [0, 0.05) is 4.47 Å². The first-order valence-corrected chi connectivity index (χ1v) is 5.34. The van der Waals surface area contributed by atoms with Gasteiger partial charge >= 0.3 is 5.97 Å². The third-order valence-electron chi connectivity index (χ3n) is 1.85. The number of hydrogen-bond acceptors (Lipinski definition) is 3. The van der Waals surface area contributed by atoms with Gasteiger partial charge in [-0.3, -0.25) is 4.79 Å². The molecule has 3 nitrogen and oxygen atoms in total. The molecule has 0 atom stereocenters. The number of ether oxygens (including phenoxy) is 2. The molecular formula is C10H10BrClO3. The minimum absolute atomic E-state index is 0.197. The van der Waals surface area contributed by atoms with Crippen molar-refractivity contribution in [3.63, 3.8) is 0 Å². The summed E-state index contributed by atoms with van der Waals surface area (Å²) in [4.78, 5) is 11.1. The SMILES string of the molecule is COC(=O)Cc1cc(Br)c(Cl)c(OC)c1. The highest BCUT2D eigenvalue weighted by Crippen LogP contribution is 2.33. The third-order valence-corrected chi connectivity index (χ3v) is 3.09. The number of hydrogen-bond donors (Lipinski definition) is 0. The largest absolute Gasteiger partial charge is 0.495 e. The molecule has 0 heterocycles. The van der Waals surface area contributed by atoms with Crippen LogP contribution in [-0.2, 0) is 16.0 Å². The van der Waals surface area contributed by atoms with E-state index >= 15 is 0 Å². The monoisotopic (exact) mass is 292 g/mol. The van der Waals surface area contributed by atoms with E-state index in [4.69, 9.17) is 16.3 Å². The summed E-state index contributed by atoms with van der Waals surface area (Å²) >= 11 is 9.23. The number of benzene rings is 1. The van der Waals surface area contributed by atoms with Gasteiger partial charge in [0.2, 0.25) is 0 Å². The number of rotatable bonds is 3. The first kappa shape index (κ1) is 12.3.